The third-order valence-corrected chi connectivity index (χ3v) is 7.43. The second-order valence-electron chi connectivity index (χ2n) is 5.76. The van der Waals surface area contributed by atoms with Crippen LogP contribution in [0.15, 0.2) is 0 Å². The smallest absolute Gasteiger partial charge is 0.206 e. The monoisotopic (exact) mass is 276 g/mol. The zero-order valence-electron chi connectivity index (χ0n) is 13.0. The normalized spacial score (nSPS) is 20.1. The maximum Gasteiger partial charge on any atom is 0.206 e. The Bertz CT molecular complexity index is 253. The molecule has 0 bridgehead atoms. The van der Waals surface area contributed by atoms with E-state index in [4.69, 9.17) is 0 Å². The van der Waals surface area contributed by atoms with E-state index in [-0.39, 0.29) is 11.3 Å². The molecule has 4 unspecified atom stereocenters. The van der Waals surface area contributed by atoms with Gasteiger partial charge in [0.15, 0.2) is 0 Å². The van der Waals surface area contributed by atoms with Crippen molar-refractivity contribution in [2.45, 2.75) is 90.9 Å². The van der Waals surface area contributed by atoms with Crippen LogP contribution in [-0.2, 0) is 4.57 Å². The Hall–Kier alpha value is 0.190. The lowest BCUT2D eigenvalue weighted by Gasteiger charge is -2.31. The molecule has 110 valence electrons. The van der Waals surface area contributed by atoms with E-state index in [1.54, 1.807) is 0 Å². The fourth-order valence-corrected chi connectivity index (χ4v) is 5.41. The van der Waals surface area contributed by atoms with Crippen LogP contribution in [0.25, 0.3) is 0 Å². The summed E-state index contributed by atoms with van der Waals surface area (Å²) in [5, 5.41) is 0. The molecular formula is C15H33O2P. The van der Waals surface area contributed by atoms with Gasteiger partial charge in [-0.1, -0.05) is 66.7 Å². The van der Waals surface area contributed by atoms with Crippen molar-refractivity contribution >= 4 is 7.37 Å². The van der Waals surface area contributed by atoms with Crippen molar-refractivity contribution in [1.82, 2.24) is 0 Å². The van der Waals surface area contributed by atoms with E-state index in [1.165, 1.54) is 0 Å². The van der Waals surface area contributed by atoms with Crippen molar-refractivity contribution in [3.05, 3.63) is 0 Å². The van der Waals surface area contributed by atoms with Crippen LogP contribution in [0.1, 0.15) is 79.6 Å². The standard InChI is InChI=1S/C15H33O2P/c1-6-9-12-15(11-8-3)18(16,17)14(5)13(4)10-7-2/h13-15H,6-12H2,1-5H3,(H,16,17). The van der Waals surface area contributed by atoms with Gasteiger partial charge in [0.2, 0.25) is 7.37 Å². The molecule has 0 aromatic carbocycles. The minimum atomic E-state index is -3.03. The summed E-state index contributed by atoms with van der Waals surface area (Å²) in [5.41, 5.74) is -0.0254. The number of hydrogen-bond donors (Lipinski definition) is 1. The maximum absolute atomic E-state index is 12.8. The molecule has 0 spiro atoms. The van der Waals surface area contributed by atoms with Crippen LogP contribution in [0, 0.1) is 5.92 Å². The Morgan fingerprint density at radius 3 is 1.94 bits per heavy atom. The molecule has 0 saturated heterocycles. The van der Waals surface area contributed by atoms with E-state index in [0.29, 0.717) is 5.92 Å². The summed E-state index contributed by atoms with van der Waals surface area (Å²) in [4.78, 5) is 10.6. The molecule has 0 aliphatic rings. The molecule has 0 radical (unpaired) electrons. The Balaban J connectivity index is 4.74. The van der Waals surface area contributed by atoms with E-state index >= 15 is 0 Å². The summed E-state index contributed by atoms with van der Waals surface area (Å²) in [6, 6.07) is 0. The average molecular weight is 276 g/mol. The van der Waals surface area contributed by atoms with Crippen LogP contribution in [0.2, 0.25) is 0 Å². The molecule has 0 rings (SSSR count). The van der Waals surface area contributed by atoms with Gasteiger partial charge in [-0.05, 0) is 18.8 Å². The topological polar surface area (TPSA) is 37.3 Å². The highest BCUT2D eigenvalue weighted by atomic mass is 31.2. The van der Waals surface area contributed by atoms with Crippen LogP contribution < -0.4 is 0 Å². The first-order chi connectivity index (χ1) is 8.41. The molecule has 0 aliphatic carbocycles. The van der Waals surface area contributed by atoms with Gasteiger partial charge < -0.3 is 4.89 Å². The highest BCUT2D eigenvalue weighted by Crippen LogP contribution is 2.57. The Kier molecular flexibility index (Phi) is 9.25. The summed E-state index contributed by atoms with van der Waals surface area (Å²) in [7, 11) is -3.03. The zero-order valence-corrected chi connectivity index (χ0v) is 13.9. The lowest BCUT2D eigenvalue weighted by molar-refractivity contribution is 0.401. The van der Waals surface area contributed by atoms with Gasteiger partial charge in [-0.2, -0.15) is 0 Å². The SMILES string of the molecule is CCCCC(CCC)P(=O)(O)C(C)C(C)CCC. The van der Waals surface area contributed by atoms with E-state index in [0.717, 1.165) is 44.9 Å². The summed E-state index contributed by atoms with van der Waals surface area (Å²) in [5.74, 6) is 0.354. The van der Waals surface area contributed by atoms with Crippen molar-refractivity contribution in [1.29, 1.82) is 0 Å². The third-order valence-electron chi connectivity index (χ3n) is 4.19. The molecule has 0 aliphatic heterocycles. The molecule has 2 nitrogen and oxygen atoms in total. The van der Waals surface area contributed by atoms with Gasteiger partial charge >= 0.3 is 0 Å². The van der Waals surface area contributed by atoms with Gasteiger partial charge in [-0.25, -0.2) is 0 Å². The van der Waals surface area contributed by atoms with E-state index < -0.39 is 7.37 Å². The first-order valence-corrected chi connectivity index (χ1v) is 9.53. The largest absolute Gasteiger partial charge is 0.344 e. The predicted molar refractivity (Wildman–Crippen MR) is 81.6 cm³/mol. The molecule has 1 N–H and O–H groups in total. The minimum Gasteiger partial charge on any atom is -0.344 e. The number of rotatable bonds is 10. The van der Waals surface area contributed by atoms with E-state index in [1.807, 2.05) is 6.92 Å². The van der Waals surface area contributed by atoms with E-state index in [2.05, 4.69) is 27.7 Å². The first-order valence-electron chi connectivity index (χ1n) is 7.73. The molecular weight excluding hydrogens is 243 g/mol. The van der Waals surface area contributed by atoms with Crippen LogP contribution in [0.3, 0.4) is 0 Å². The van der Waals surface area contributed by atoms with Gasteiger partial charge in [-0.15, -0.1) is 0 Å². The quantitative estimate of drug-likeness (QED) is 0.539. The molecule has 0 heterocycles. The van der Waals surface area contributed by atoms with Crippen molar-refractivity contribution in [2.75, 3.05) is 0 Å². The van der Waals surface area contributed by atoms with Crippen LogP contribution in [0.5, 0.6) is 0 Å². The Morgan fingerprint density at radius 2 is 1.50 bits per heavy atom. The summed E-state index contributed by atoms with van der Waals surface area (Å²) < 4.78 is 12.8. The summed E-state index contributed by atoms with van der Waals surface area (Å²) >= 11 is 0. The van der Waals surface area contributed by atoms with Crippen molar-refractivity contribution in [3.63, 3.8) is 0 Å². The number of hydrogen-bond acceptors (Lipinski definition) is 1. The molecule has 0 saturated carbocycles. The summed E-state index contributed by atoms with van der Waals surface area (Å²) in [6.45, 7) is 10.5. The van der Waals surface area contributed by atoms with Crippen molar-refractivity contribution in [3.8, 4) is 0 Å². The van der Waals surface area contributed by atoms with E-state index in [9.17, 15) is 9.46 Å². The molecule has 0 aromatic heterocycles. The lowest BCUT2D eigenvalue weighted by atomic mass is 10.0. The van der Waals surface area contributed by atoms with Crippen molar-refractivity contribution < 1.29 is 9.46 Å². The highest BCUT2D eigenvalue weighted by Gasteiger charge is 2.37. The van der Waals surface area contributed by atoms with Crippen molar-refractivity contribution in [2.24, 2.45) is 5.92 Å². The van der Waals surface area contributed by atoms with Gasteiger partial charge in [0, 0.05) is 11.3 Å². The minimum absolute atomic E-state index is 0.0248. The maximum atomic E-state index is 12.8. The van der Waals surface area contributed by atoms with Gasteiger partial charge in [0.05, 0.1) is 0 Å². The fraction of sp³-hybridized carbons (Fsp3) is 1.00. The molecule has 18 heavy (non-hydrogen) atoms. The Labute approximate surface area is 114 Å². The molecule has 4 atom stereocenters. The average Bonchev–Trinajstić information content (AvgIpc) is 2.33. The zero-order chi connectivity index (χ0) is 14.2. The highest BCUT2D eigenvalue weighted by molar-refractivity contribution is 7.59. The molecule has 3 heteroatoms. The predicted octanol–water partition coefficient (Wildman–Crippen LogP) is 5.44. The van der Waals surface area contributed by atoms with Crippen LogP contribution >= 0.6 is 7.37 Å². The molecule has 0 amide bonds. The fourth-order valence-electron chi connectivity index (χ4n) is 2.68. The second kappa shape index (κ2) is 9.15. The molecule has 0 aromatic rings. The summed E-state index contributed by atoms with van der Waals surface area (Å²) in [6.07, 6.45) is 7.16. The van der Waals surface area contributed by atoms with Crippen LogP contribution in [0.4, 0.5) is 0 Å². The molecule has 0 fully saturated rings. The van der Waals surface area contributed by atoms with Gasteiger partial charge in [0.1, 0.15) is 0 Å². The lowest BCUT2D eigenvalue weighted by Crippen LogP contribution is -2.22. The second-order valence-corrected chi connectivity index (χ2v) is 8.65. The first kappa shape index (κ1) is 18.2. The number of unbranched alkanes of at least 4 members (excludes halogenated alkanes) is 1. The van der Waals surface area contributed by atoms with Crippen LogP contribution in [-0.4, -0.2) is 16.2 Å². The Morgan fingerprint density at radius 1 is 0.944 bits per heavy atom. The van der Waals surface area contributed by atoms with Gasteiger partial charge in [0.25, 0.3) is 0 Å². The van der Waals surface area contributed by atoms with Gasteiger partial charge in [-0.3, -0.25) is 4.57 Å². The third kappa shape index (κ3) is 5.45.